The molecule has 3 fully saturated rings. The van der Waals surface area contributed by atoms with Crippen LogP contribution in [-0.4, -0.2) is 99.1 Å². The highest BCUT2D eigenvalue weighted by molar-refractivity contribution is 8.44. The number of aromatic amines is 2. The molecule has 0 amide bonds. The number of nitrogen functional groups attached to an aromatic ring is 2. The van der Waals surface area contributed by atoms with Crippen molar-refractivity contribution >= 4 is 72.3 Å². The Hall–Kier alpha value is -2.86. The Kier molecular flexibility index (Phi) is 7.85. The first-order valence-corrected chi connectivity index (χ1v) is 18.5. The molecule has 22 nitrogen and oxygen atoms in total. The minimum absolute atomic E-state index is 0.0486. The van der Waals surface area contributed by atoms with Crippen LogP contribution in [0.25, 0.3) is 22.3 Å². The summed E-state index contributed by atoms with van der Waals surface area (Å²) in [7, 11) is 0. The van der Waals surface area contributed by atoms with Crippen molar-refractivity contribution in [3.8, 4) is 0 Å². The van der Waals surface area contributed by atoms with Crippen LogP contribution in [0.5, 0.6) is 0 Å². The maximum Gasteiger partial charge on any atom is 0.386 e. The van der Waals surface area contributed by atoms with Crippen LogP contribution < -0.4 is 22.6 Å². The molecule has 3 aliphatic rings. The second-order valence-electron chi connectivity index (χ2n) is 10.3. The number of ether oxygens (including phenoxy) is 2. The summed E-state index contributed by atoms with van der Waals surface area (Å²) in [6.45, 7) is -10.1. The van der Waals surface area contributed by atoms with Crippen LogP contribution in [0.1, 0.15) is 12.5 Å². The number of aliphatic hydroxyl groups is 2. The van der Waals surface area contributed by atoms with Gasteiger partial charge in [0.2, 0.25) is 11.9 Å². The summed E-state index contributed by atoms with van der Waals surface area (Å²) in [5.74, 6) is -0.475. The standard InChI is InChI=1S/C20H24N10O12P2S2/c21-19-25-13-7(15(33)27-19)23-3-29(13)17-10(32)11-6(40-17)2-38-44(36,46)42-12-9(31)5(1-37-43(35,45)41-11)39-18(12)30-4-24-8-14(30)26-20(22)28-16(8)34/h3-6,9-12,17-18,31-32H,1-2H2,(H,35,45)(H,36,46)(H3,21,25,27,33)(H3,22,26,28,34)/t5-,6-,9-,10-,11-,12-,17-,18-,43-,44+/m1/s1. The van der Waals surface area contributed by atoms with Gasteiger partial charge in [0.05, 0.1) is 25.9 Å². The van der Waals surface area contributed by atoms with Gasteiger partial charge >= 0.3 is 13.6 Å². The number of nitrogens with one attached hydrogen (secondary N) is 2. The van der Waals surface area contributed by atoms with E-state index < -0.39 is 87.0 Å². The van der Waals surface area contributed by atoms with Crippen molar-refractivity contribution in [3.63, 3.8) is 0 Å². The first-order valence-electron chi connectivity index (χ1n) is 13.1. The Labute approximate surface area is 265 Å². The van der Waals surface area contributed by atoms with Gasteiger partial charge in [-0.3, -0.25) is 46.8 Å². The van der Waals surface area contributed by atoms with Crippen molar-refractivity contribution in [2.75, 3.05) is 24.7 Å². The molecule has 26 heteroatoms. The number of imidazole rings is 2. The normalized spacial score (nSPS) is 37.1. The average Bonchev–Trinajstić information content (AvgIpc) is 3.72. The van der Waals surface area contributed by atoms with E-state index in [2.05, 4.69) is 54.4 Å². The van der Waals surface area contributed by atoms with E-state index in [4.69, 9.17) is 39.0 Å². The predicted octanol–water partition coefficient (Wildman–Crippen LogP) is -1.17. The van der Waals surface area contributed by atoms with E-state index in [0.717, 1.165) is 12.7 Å². The van der Waals surface area contributed by atoms with Crippen LogP contribution in [-0.2, 0) is 36.7 Å². The summed E-state index contributed by atoms with van der Waals surface area (Å²) in [6.07, 6.45) is -9.28. The summed E-state index contributed by atoms with van der Waals surface area (Å²) in [4.78, 5) is 45.3. The number of hydrogen-bond acceptors (Lipinski definition) is 18. The van der Waals surface area contributed by atoms with Gasteiger partial charge in [0.1, 0.15) is 36.6 Å². The zero-order valence-corrected chi connectivity index (χ0v) is 26.4. The van der Waals surface area contributed by atoms with Gasteiger partial charge in [-0.05, 0) is 0 Å². The van der Waals surface area contributed by atoms with Crippen molar-refractivity contribution in [2.45, 2.75) is 49.1 Å². The molecule has 0 unspecified atom stereocenters. The number of rotatable bonds is 2. The quantitative estimate of drug-likeness (QED) is 0.0892. The van der Waals surface area contributed by atoms with E-state index in [1.165, 1.54) is 9.13 Å². The summed E-state index contributed by atoms with van der Waals surface area (Å²) < 4.78 is 63.4. The van der Waals surface area contributed by atoms with E-state index in [1.807, 2.05) is 0 Å². The average molecular weight is 723 g/mol. The van der Waals surface area contributed by atoms with Gasteiger partial charge in [-0.25, -0.2) is 19.1 Å². The Morgan fingerprint density at radius 3 is 1.83 bits per heavy atom. The number of aliphatic hydroxyl groups excluding tert-OH is 2. The molecule has 0 spiro atoms. The Bertz CT molecular complexity index is 2060. The van der Waals surface area contributed by atoms with Crippen molar-refractivity contribution in [3.05, 3.63) is 33.4 Å². The van der Waals surface area contributed by atoms with Crippen molar-refractivity contribution < 1.29 is 46.9 Å². The first kappa shape index (κ1) is 31.7. The number of thiol groups is 2. The van der Waals surface area contributed by atoms with E-state index in [-0.39, 0.29) is 34.2 Å². The van der Waals surface area contributed by atoms with Gasteiger partial charge in [0, 0.05) is 0 Å². The van der Waals surface area contributed by atoms with Gasteiger partial charge in [-0.15, -0.1) is 0 Å². The minimum atomic E-state index is -4.42. The van der Waals surface area contributed by atoms with Crippen LogP contribution in [0.15, 0.2) is 22.2 Å². The van der Waals surface area contributed by atoms with Crippen molar-refractivity contribution in [1.29, 1.82) is 0 Å². The first-order chi connectivity index (χ1) is 21.7. The topological polar surface area (TPSA) is 309 Å². The Morgan fingerprint density at radius 2 is 1.26 bits per heavy atom. The SMILES string of the molecule is Nc1nc2c(ncn2[C@@H]2O[C@@H]3CO[P@](=O)(S)O[C@@H]4[C@H](O)[C@@H](CO[P@@](=O)(S)O[C@H]3[C@H]2O)O[C@H]4n2cnc3c(=O)[nH]c(N)nc32)c(=O)[nH]1. The molecule has 10 atom stereocenters. The third-order valence-corrected chi connectivity index (χ3v) is 10.6. The monoisotopic (exact) mass is 722 g/mol. The number of hydrogen-bond donors (Lipinski definition) is 8. The van der Waals surface area contributed by atoms with Crippen LogP contribution in [0.2, 0.25) is 0 Å². The fourth-order valence-electron chi connectivity index (χ4n) is 5.37. The molecule has 248 valence electrons. The second kappa shape index (κ2) is 11.4. The molecule has 7 heterocycles. The molecule has 8 N–H and O–H groups in total. The molecular weight excluding hydrogens is 698 g/mol. The minimum Gasteiger partial charge on any atom is -0.387 e. The lowest BCUT2D eigenvalue weighted by Gasteiger charge is -2.26. The van der Waals surface area contributed by atoms with Gasteiger partial charge < -0.3 is 31.2 Å². The van der Waals surface area contributed by atoms with Crippen LogP contribution in [0, 0.1) is 0 Å². The molecular formula is C20H24N10O12P2S2. The number of fused-ring (bicyclic) bond motifs is 5. The van der Waals surface area contributed by atoms with Crippen LogP contribution >= 0.6 is 38.1 Å². The number of anilines is 2. The molecule has 3 saturated heterocycles. The van der Waals surface area contributed by atoms with E-state index in [1.54, 1.807) is 0 Å². The molecule has 0 aromatic carbocycles. The molecule has 4 aromatic heterocycles. The van der Waals surface area contributed by atoms with E-state index in [9.17, 15) is 28.9 Å². The van der Waals surface area contributed by atoms with Gasteiger partial charge in [0.25, 0.3) is 11.1 Å². The smallest absolute Gasteiger partial charge is 0.386 e. The summed E-state index contributed by atoms with van der Waals surface area (Å²) in [5, 5.41) is 22.4. The zero-order valence-electron chi connectivity index (χ0n) is 22.8. The lowest BCUT2D eigenvalue weighted by molar-refractivity contribution is -0.0575. The highest BCUT2D eigenvalue weighted by Crippen LogP contribution is 2.60. The largest absolute Gasteiger partial charge is 0.387 e. The summed E-state index contributed by atoms with van der Waals surface area (Å²) in [5.41, 5.74) is 9.73. The third-order valence-electron chi connectivity index (χ3n) is 7.39. The van der Waals surface area contributed by atoms with Gasteiger partial charge in [0.15, 0.2) is 34.8 Å². The highest BCUT2D eigenvalue weighted by Gasteiger charge is 2.53. The third kappa shape index (κ3) is 5.56. The number of aromatic nitrogens is 8. The Balaban J connectivity index is 1.21. The van der Waals surface area contributed by atoms with Crippen LogP contribution in [0.3, 0.4) is 0 Å². The lowest BCUT2D eigenvalue weighted by atomic mass is 10.1. The fraction of sp³-hybridized carbons (Fsp3) is 0.500. The molecule has 0 radical (unpaired) electrons. The highest BCUT2D eigenvalue weighted by atomic mass is 32.7. The fourth-order valence-corrected chi connectivity index (χ4v) is 8.32. The molecule has 4 aromatic rings. The number of nitrogens with two attached hydrogens (primary N) is 2. The maximum absolute atomic E-state index is 13.5. The van der Waals surface area contributed by atoms with Crippen molar-refractivity contribution in [2.24, 2.45) is 0 Å². The molecule has 3 aliphatic heterocycles. The van der Waals surface area contributed by atoms with Gasteiger partial charge in [-0.2, -0.15) is 9.97 Å². The molecule has 0 aliphatic carbocycles. The summed E-state index contributed by atoms with van der Waals surface area (Å²) in [6, 6.07) is 0. The van der Waals surface area contributed by atoms with Crippen molar-refractivity contribution in [1.82, 2.24) is 39.0 Å². The maximum atomic E-state index is 13.5. The van der Waals surface area contributed by atoms with E-state index in [0.29, 0.717) is 0 Å². The summed E-state index contributed by atoms with van der Waals surface area (Å²) >= 11 is 8.08. The zero-order chi connectivity index (χ0) is 32.7. The molecule has 2 bridgehead atoms. The molecule has 7 rings (SSSR count). The lowest BCUT2D eigenvalue weighted by Crippen LogP contribution is -2.36. The number of H-pyrrole nitrogens is 2. The van der Waals surface area contributed by atoms with Gasteiger partial charge in [-0.1, -0.05) is 24.5 Å². The second-order valence-corrected chi connectivity index (χ2v) is 16.1. The van der Waals surface area contributed by atoms with Crippen LogP contribution in [0.4, 0.5) is 11.9 Å². The van der Waals surface area contributed by atoms with E-state index >= 15 is 0 Å². The molecule has 0 saturated carbocycles. The Morgan fingerprint density at radius 1 is 0.783 bits per heavy atom. The predicted molar refractivity (Wildman–Crippen MR) is 160 cm³/mol. The number of nitrogens with zero attached hydrogens (tertiary/aromatic N) is 6. The molecule has 46 heavy (non-hydrogen) atoms.